The Labute approximate surface area is 216 Å². The van der Waals surface area contributed by atoms with Crippen LogP contribution in [0, 0.1) is 0 Å². The molecule has 9 heteroatoms. The van der Waals surface area contributed by atoms with Gasteiger partial charge < -0.3 is 14.2 Å². The normalized spacial score (nSPS) is 12.3. The SMILES string of the molecule is CN(CCO)Cc1c(C(=O)c2ccc(Cl)cc2Cl)oc2cc(-c3cccc(NS(C)=O)c3)ccc12. The summed E-state index contributed by atoms with van der Waals surface area (Å²) in [4.78, 5) is 15.4. The van der Waals surface area contributed by atoms with Crippen molar-refractivity contribution in [3.8, 4) is 11.1 Å². The number of nitrogens with one attached hydrogen (secondary N) is 1. The topological polar surface area (TPSA) is 82.8 Å². The first-order valence-corrected chi connectivity index (χ1v) is 13.1. The maximum absolute atomic E-state index is 13.5. The van der Waals surface area contributed by atoms with Gasteiger partial charge in [-0.1, -0.05) is 47.5 Å². The first kappa shape index (κ1) is 25.4. The molecule has 0 spiro atoms. The third kappa shape index (κ3) is 5.77. The van der Waals surface area contributed by atoms with Crippen molar-refractivity contribution in [2.75, 3.05) is 31.2 Å². The van der Waals surface area contributed by atoms with Gasteiger partial charge in [-0.3, -0.25) is 9.69 Å². The fourth-order valence-corrected chi connectivity index (χ4v) is 4.87. The van der Waals surface area contributed by atoms with Crippen LogP contribution in [0.1, 0.15) is 21.7 Å². The van der Waals surface area contributed by atoms with Crippen LogP contribution in [-0.2, 0) is 17.5 Å². The van der Waals surface area contributed by atoms with Crippen LogP contribution in [0.15, 0.2) is 65.1 Å². The number of furan rings is 1. The number of rotatable bonds is 9. The lowest BCUT2D eigenvalue weighted by atomic mass is 10.0. The Bertz CT molecular complexity index is 1420. The van der Waals surface area contributed by atoms with Gasteiger partial charge in [0, 0.05) is 46.6 Å². The van der Waals surface area contributed by atoms with E-state index < -0.39 is 11.0 Å². The highest BCUT2D eigenvalue weighted by Gasteiger charge is 2.24. The Morgan fingerprint density at radius 3 is 2.57 bits per heavy atom. The molecule has 0 saturated carbocycles. The van der Waals surface area contributed by atoms with Gasteiger partial charge in [0.1, 0.15) is 16.6 Å². The van der Waals surface area contributed by atoms with Crippen molar-refractivity contribution in [3.63, 3.8) is 0 Å². The molecule has 4 rings (SSSR count). The fraction of sp³-hybridized carbons (Fsp3) is 0.192. The van der Waals surface area contributed by atoms with Crippen molar-refractivity contribution in [1.29, 1.82) is 0 Å². The molecule has 0 amide bonds. The van der Waals surface area contributed by atoms with Crippen molar-refractivity contribution >= 4 is 56.6 Å². The molecule has 0 radical (unpaired) electrons. The van der Waals surface area contributed by atoms with E-state index in [1.54, 1.807) is 18.4 Å². The monoisotopic (exact) mass is 530 g/mol. The highest BCUT2D eigenvalue weighted by atomic mass is 35.5. The first-order valence-electron chi connectivity index (χ1n) is 10.8. The molecule has 35 heavy (non-hydrogen) atoms. The fourth-order valence-electron chi connectivity index (χ4n) is 3.91. The van der Waals surface area contributed by atoms with Crippen molar-refractivity contribution in [1.82, 2.24) is 4.90 Å². The molecule has 1 unspecified atom stereocenters. The van der Waals surface area contributed by atoms with E-state index in [0.29, 0.717) is 29.3 Å². The van der Waals surface area contributed by atoms with Gasteiger partial charge in [0.25, 0.3) is 0 Å². The van der Waals surface area contributed by atoms with E-state index in [1.807, 2.05) is 54.4 Å². The molecule has 1 atom stereocenters. The van der Waals surface area contributed by atoms with Gasteiger partial charge in [-0.2, -0.15) is 0 Å². The average Bonchev–Trinajstić information content (AvgIpc) is 3.16. The number of benzene rings is 3. The third-order valence-electron chi connectivity index (χ3n) is 5.54. The zero-order valence-corrected chi connectivity index (χ0v) is 21.5. The van der Waals surface area contributed by atoms with E-state index >= 15 is 0 Å². The molecule has 1 heterocycles. The van der Waals surface area contributed by atoms with E-state index in [0.717, 1.165) is 27.8 Å². The van der Waals surface area contributed by atoms with Crippen molar-refractivity contribution in [3.05, 3.63) is 87.6 Å². The van der Waals surface area contributed by atoms with Crippen LogP contribution in [0.25, 0.3) is 22.1 Å². The number of halogens is 2. The summed E-state index contributed by atoms with van der Waals surface area (Å²) in [5.74, 6) is -0.142. The molecule has 0 bridgehead atoms. The van der Waals surface area contributed by atoms with E-state index in [-0.39, 0.29) is 23.2 Å². The number of aliphatic hydroxyl groups excluding tert-OH is 1. The number of hydrogen-bond donors (Lipinski definition) is 2. The van der Waals surface area contributed by atoms with Crippen LogP contribution < -0.4 is 4.72 Å². The molecule has 0 aliphatic heterocycles. The second-order valence-corrected chi connectivity index (χ2v) is 10.1. The molecule has 1 aromatic heterocycles. The predicted octanol–water partition coefficient (Wildman–Crippen LogP) is 5.77. The second-order valence-electron chi connectivity index (χ2n) is 8.17. The summed E-state index contributed by atoms with van der Waals surface area (Å²) in [6, 6.07) is 18.1. The zero-order chi connectivity index (χ0) is 25.1. The third-order valence-corrected chi connectivity index (χ3v) is 6.61. The Hall–Kier alpha value is -2.68. The summed E-state index contributed by atoms with van der Waals surface area (Å²) in [5.41, 5.74) is 4.10. The molecule has 3 aromatic carbocycles. The Morgan fingerprint density at radius 1 is 1.09 bits per heavy atom. The number of nitrogens with zero attached hydrogens (tertiary/aromatic N) is 1. The van der Waals surface area contributed by atoms with Gasteiger partial charge in [-0.15, -0.1) is 0 Å². The predicted molar refractivity (Wildman–Crippen MR) is 143 cm³/mol. The standard InChI is InChI=1S/C26H24Cl2N2O4S/c1-30(10-11-31)15-22-20-8-6-17(16-4-3-5-19(12-16)29-35(2)33)13-24(20)34-26(22)25(32)21-9-7-18(27)14-23(21)28/h3-9,12-14,29,31H,10-11,15H2,1-2H3. The van der Waals surface area contributed by atoms with E-state index in [4.69, 9.17) is 27.6 Å². The van der Waals surface area contributed by atoms with Gasteiger partial charge in [0.15, 0.2) is 5.76 Å². The molecular formula is C26H24Cl2N2O4S. The lowest BCUT2D eigenvalue weighted by Gasteiger charge is -2.15. The van der Waals surface area contributed by atoms with Gasteiger partial charge in [0.2, 0.25) is 5.78 Å². The van der Waals surface area contributed by atoms with Crippen molar-refractivity contribution < 1.29 is 18.5 Å². The minimum absolute atomic E-state index is 0.00432. The summed E-state index contributed by atoms with van der Waals surface area (Å²) in [6.07, 6.45) is 1.57. The summed E-state index contributed by atoms with van der Waals surface area (Å²) < 4.78 is 20.6. The van der Waals surface area contributed by atoms with Crippen LogP contribution in [0.5, 0.6) is 0 Å². The van der Waals surface area contributed by atoms with Crippen LogP contribution in [-0.4, -0.2) is 46.5 Å². The molecular weight excluding hydrogens is 507 g/mol. The maximum atomic E-state index is 13.5. The summed E-state index contributed by atoms with van der Waals surface area (Å²) in [5, 5.41) is 10.8. The molecule has 4 aromatic rings. The van der Waals surface area contributed by atoms with Crippen LogP contribution >= 0.6 is 23.2 Å². The number of aliphatic hydroxyl groups is 1. The van der Waals surface area contributed by atoms with Crippen LogP contribution in [0.2, 0.25) is 10.0 Å². The first-order chi connectivity index (χ1) is 16.8. The second kappa shape index (κ2) is 10.9. The lowest BCUT2D eigenvalue weighted by molar-refractivity contribution is 0.101. The number of hydrogen-bond acceptors (Lipinski definition) is 5. The zero-order valence-electron chi connectivity index (χ0n) is 19.2. The van der Waals surface area contributed by atoms with Gasteiger partial charge in [-0.25, -0.2) is 4.21 Å². The molecule has 0 fully saturated rings. The van der Waals surface area contributed by atoms with E-state index in [9.17, 15) is 14.1 Å². The van der Waals surface area contributed by atoms with Crippen molar-refractivity contribution in [2.24, 2.45) is 0 Å². The number of fused-ring (bicyclic) bond motifs is 1. The summed E-state index contributed by atoms with van der Waals surface area (Å²) >= 11 is 12.3. The minimum atomic E-state index is -1.19. The molecule has 6 nitrogen and oxygen atoms in total. The number of likely N-dealkylation sites (N-methyl/N-ethyl adjacent to an activating group) is 1. The Balaban J connectivity index is 1.81. The lowest BCUT2D eigenvalue weighted by Crippen LogP contribution is -2.22. The summed E-state index contributed by atoms with van der Waals surface area (Å²) in [6.45, 7) is 0.842. The summed E-state index contributed by atoms with van der Waals surface area (Å²) in [7, 11) is 0.679. The maximum Gasteiger partial charge on any atom is 0.230 e. The molecule has 0 saturated heterocycles. The quantitative estimate of drug-likeness (QED) is 0.268. The largest absolute Gasteiger partial charge is 0.452 e. The number of carbonyl (C=O) groups is 1. The van der Waals surface area contributed by atoms with Crippen molar-refractivity contribution in [2.45, 2.75) is 6.54 Å². The molecule has 0 aliphatic carbocycles. The molecule has 2 N–H and O–H groups in total. The number of anilines is 1. The van der Waals surface area contributed by atoms with Crippen LogP contribution in [0.3, 0.4) is 0 Å². The molecule has 0 aliphatic rings. The minimum Gasteiger partial charge on any atom is -0.452 e. The van der Waals surface area contributed by atoms with Gasteiger partial charge in [0.05, 0.1) is 11.6 Å². The smallest absolute Gasteiger partial charge is 0.230 e. The van der Waals surface area contributed by atoms with Gasteiger partial charge in [-0.05, 0) is 54.6 Å². The van der Waals surface area contributed by atoms with E-state index in [1.165, 1.54) is 6.07 Å². The average molecular weight is 531 g/mol. The van der Waals surface area contributed by atoms with E-state index in [2.05, 4.69) is 4.72 Å². The highest BCUT2D eigenvalue weighted by Crippen LogP contribution is 2.34. The van der Waals surface area contributed by atoms with Crippen LogP contribution in [0.4, 0.5) is 5.69 Å². The number of carbonyl (C=O) groups excluding carboxylic acids is 1. The Morgan fingerprint density at radius 2 is 1.86 bits per heavy atom. The molecule has 182 valence electrons. The van der Waals surface area contributed by atoms with Gasteiger partial charge >= 0.3 is 0 Å². The highest BCUT2D eigenvalue weighted by molar-refractivity contribution is 7.85. The number of ketones is 1. The Kier molecular flexibility index (Phi) is 7.94.